The summed E-state index contributed by atoms with van der Waals surface area (Å²) in [5.41, 5.74) is 20.8. The molecule has 0 atom stereocenters. The van der Waals surface area contributed by atoms with E-state index in [4.69, 9.17) is 54.5 Å². The topological polar surface area (TPSA) is 405 Å². The number of ether oxygens (including phenoxy) is 9. The molecule has 0 radical (unpaired) electrons. The van der Waals surface area contributed by atoms with E-state index in [0.717, 1.165) is 99.4 Å². The lowest BCUT2D eigenvalue weighted by molar-refractivity contribution is -0.148. The second-order valence-electron chi connectivity index (χ2n) is 29.1. The number of nitrogen functional groups attached to an aromatic ring is 1. The van der Waals surface area contributed by atoms with Crippen LogP contribution in [0.2, 0.25) is 0 Å². The molecule has 128 heavy (non-hydrogen) atoms. The number of anilines is 4. The average Bonchev–Trinajstić information content (AvgIpc) is 1.71. The summed E-state index contributed by atoms with van der Waals surface area (Å²) in [5, 5.41) is 20.3. The van der Waals surface area contributed by atoms with Crippen LogP contribution in [-0.2, 0) is 116 Å². The monoisotopic (exact) mass is 1910 g/mol. The zero-order valence-electron chi connectivity index (χ0n) is 73.0. The number of methoxy groups -OCH3 is 5. The number of carboxylic acid groups (broad SMARTS) is 1. The number of esters is 4. The van der Waals surface area contributed by atoms with Gasteiger partial charge in [-0.1, -0.05) is 68.1 Å². The minimum atomic E-state index is -1.02. The fourth-order valence-electron chi connectivity index (χ4n) is 12.3. The highest BCUT2D eigenvalue weighted by atomic mass is 79.9. The molecule has 686 valence electrons. The molecule has 0 bridgehead atoms. The van der Waals surface area contributed by atoms with E-state index in [1.165, 1.54) is 18.3 Å². The van der Waals surface area contributed by atoms with Crippen molar-refractivity contribution >= 4 is 127 Å². The molecule has 3 aliphatic heterocycles. The van der Waals surface area contributed by atoms with Gasteiger partial charge in [0, 0.05) is 127 Å². The second kappa shape index (κ2) is 56.1. The van der Waals surface area contributed by atoms with E-state index in [1.807, 2.05) is 181 Å². The molecule has 4 aromatic heterocycles. The van der Waals surface area contributed by atoms with E-state index in [2.05, 4.69) is 82.7 Å². The number of carbonyl (C=O) groups excluding carboxylic acids is 7. The number of aromatic nitrogens is 4. The number of rotatable bonds is 29. The van der Waals surface area contributed by atoms with Gasteiger partial charge in [0.05, 0.1) is 94.6 Å². The van der Waals surface area contributed by atoms with Crippen LogP contribution < -0.4 is 56.4 Å². The van der Waals surface area contributed by atoms with Gasteiger partial charge >= 0.3 is 29.8 Å². The molecule has 5 aromatic carbocycles. The third-order valence-corrected chi connectivity index (χ3v) is 18.9. The van der Waals surface area contributed by atoms with Crippen molar-refractivity contribution in [2.75, 3.05) is 116 Å². The molecular weight excluding hydrogens is 1800 g/mol. The van der Waals surface area contributed by atoms with Crippen molar-refractivity contribution in [3.63, 3.8) is 0 Å². The van der Waals surface area contributed by atoms with Crippen molar-refractivity contribution in [3.05, 3.63) is 253 Å². The Morgan fingerprint density at radius 3 is 1.23 bits per heavy atom. The summed E-state index contributed by atoms with van der Waals surface area (Å²) in [6.07, 6.45) is 12.1. The molecule has 0 unspecified atom stereocenters. The van der Waals surface area contributed by atoms with Gasteiger partial charge in [-0.25, -0.2) is 29.5 Å². The number of halogens is 3. The molecule has 0 spiro atoms. The second-order valence-corrected chi connectivity index (χ2v) is 31.0. The maximum atomic E-state index is 12.3. The standard InChI is InChI=1S/C23H27N3O4.C19H19N3O4.C18H22BrN3O3.C16H16BrN3O2.C12H17NO3.C4H9NO2.CH4.ClH/c1-23(2,3)30-21(28)10-7-17-11-18-14-26(15-20(27)25-22(18)24-12-17)13-16-5-8-19(29-4)9-6-16;1-26-16-5-2-13(3-6-16)10-22-11-15-8-14(4-7-18(24)25)9-20-19(15)21-17(23)12-22;1-3-25-17(23)12-22(10-13-4-6-16(24-2)7-5-13)11-14-8-15(19)9-21-18(14)20;1-22-14-4-2-11(3-5-14)8-20-9-12-6-13(17)7-18-16(12)19-15(21)10-20;1-3-16-12(14)9-13-8-10-4-6-11(15-2)7-5-10;1-2-7-4(6)3-5;;/h5-12H,13-15H2,1-4H3,(H,24,25,27);2-9H,10-12H2,1H3,(H,24,25)(H,20,21,23);4-9H,3,10-12H2,1-2H3,(H2,20,21);2-7H,8-10H2,1H3,(H,18,19,21);4-7,13H,3,8-9H2,1-2H3;2-3,5H2,1H3;1H4;1H/b10-7+;7-4+;;;;;;. The van der Waals surface area contributed by atoms with Crippen LogP contribution in [0, 0.1) is 0 Å². The lowest BCUT2D eigenvalue weighted by Crippen LogP contribution is -2.30. The molecule has 35 heteroatoms. The highest BCUT2D eigenvalue weighted by Crippen LogP contribution is 2.28. The van der Waals surface area contributed by atoms with E-state index in [9.17, 15) is 38.4 Å². The number of benzene rings is 5. The van der Waals surface area contributed by atoms with Gasteiger partial charge in [-0.2, -0.15) is 0 Å². The predicted octanol–water partition coefficient (Wildman–Crippen LogP) is 13.3. The maximum Gasteiger partial charge on any atom is 0.331 e. The Balaban J connectivity index is 0.000000280. The molecule has 9 N–H and O–H groups in total. The fraction of sp³-hybridized carbons (Fsp3) is 0.333. The van der Waals surface area contributed by atoms with Crippen molar-refractivity contribution in [2.24, 2.45) is 5.73 Å². The number of nitrogens with one attached hydrogen (secondary N) is 4. The number of hydrogen-bond donors (Lipinski definition) is 7. The minimum Gasteiger partial charge on any atom is -0.497 e. The Morgan fingerprint density at radius 1 is 0.492 bits per heavy atom. The lowest BCUT2D eigenvalue weighted by atomic mass is 10.1. The van der Waals surface area contributed by atoms with Crippen molar-refractivity contribution in [1.29, 1.82) is 0 Å². The summed E-state index contributed by atoms with van der Waals surface area (Å²) in [6.45, 7) is 18.6. The number of amides is 3. The molecule has 9 aromatic rings. The number of carbonyl (C=O) groups is 8. The van der Waals surface area contributed by atoms with E-state index in [1.54, 1.807) is 81.0 Å². The van der Waals surface area contributed by atoms with Crippen molar-refractivity contribution < 1.29 is 86.1 Å². The largest absolute Gasteiger partial charge is 0.497 e. The molecule has 0 saturated heterocycles. The number of fused-ring (bicyclic) bond motifs is 3. The van der Waals surface area contributed by atoms with Gasteiger partial charge in [0.15, 0.2) is 0 Å². The average molecular weight is 1910 g/mol. The molecular formula is C93H115Br2ClN14O18. The van der Waals surface area contributed by atoms with Gasteiger partial charge in [0.25, 0.3) is 0 Å². The SMILES string of the molecule is C.CCOC(=O)CN.CCOC(=O)CN(Cc1ccc(OC)cc1)Cc1cc(Br)cnc1N.CCOC(=O)CNCc1ccc(OC)cc1.COc1ccc(CN2CC(=O)Nc3ncc(/C=C/C(=O)O)cc3C2)cc1.COc1ccc(CN2CC(=O)Nc3ncc(/C=C/C(=O)OC(C)(C)C)cc3C2)cc1.COc1ccc(CN2CC(=O)Nc3ncc(Br)cc3C2)cc1.Cl. The number of nitrogens with zero attached hydrogens (tertiary/aromatic N) is 8. The number of aliphatic carboxylic acids is 1. The van der Waals surface area contributed by atoms with Gasteiger partial charge in [-0.15, -0.1) is 12.4 Å². The highest BCUT2D eigenvalue weighted by molar-refractivity contribution is 9.10. The highest BCUT2D eigenvalue weighted by Gasteiger charge is 2.25. The molecule has 0 saturated carbocycles. The summed E-state index contributed by atoms with van der Waals surface area (Å²) in [7, 11) is 8.16. The first kappa shape index (κ1) is 106. The van der Waals surface area contributed by atoms with Crippen molar-refractivity contribution in [1.82, 2.24) is 44.9 Å². The normalized spacial score (nSPS) is 12.8. The van der Waals surface area contributed by atoms with E-state index >= 15 is 0 Å². The van der Waals surface area contributed by atoms with Gasteiger partial charge in [-0.05, 0) is 209 Å². The summed E-state index contributed by atoms with van der Waals surface area (Å²) in [5.74, 6) is 3.65. The quantitative estimate of drug-likeness (QED) is 0.0130. The first-order valence-electron chi connectivity index (χ1n) is 40.1. The van der Waals surface area contributed by atoms with Crippen molar-refractivity contribution in [2.45, 2.75) is 113 Å². The summed E-state index contributed by atoms with van der Waals surface area (Å²) >= 11 is 6.83. The Bertz CT molecular complexity index is 5090. The van der Waals surface area contributed by atoms with Gasteiger partial charge < -0.3 is 80.5 Å². The Hall–Kier alpha value is -12.3. The van der Waals surface area contributed by atoms with Crippen LogP contribution in [0.4, 0.5) is 23.3 Å². The molecule has 0 fully saturated rings. The maximum absolute atomic E-state index is 12.3. The van der Waals surface area contributed by atoms with Crippen molar-refractivity contribution in [3.8, 4) is 28.7 Å². The summed E-state index contributed by atoms with van der Waals surface area (Å²) in [6, 6.07) is 46.5. The smallest absolute Gasteiger partial charge is 0.331 e. The number of pyridine rings is 4. The third-order valence-electron chi connectivity index (χ3n) is 18.0. The molecule has 3 amide bonds. The third kappa shape index (κ3) is 39.3. The van der Waals surface area contributed by atoms with Gasteiger partial charge in [0.2, 0.25) is 17.7 Å². The Labute approximate surface area is 770 Å². The summed E-state index contributed by atoms with van der Waals surface area (Å²) in [4.78, 5) is 117. The first-order chi connectivity index (χ1) is 60.5. The Kier molecular flexibility index (Phi) is 46.5. The van der Waals surface area contributed by atoms with E-state index in [-0.39, 0.29) is 88.2 Å². The minimum absolute atomic E-state index is 0. The van der Waals surface area contributed by atoms with Crippen LogP contribution in [0.25, 0.3) is 12.2 Å². The predicted molar refractivity (Wildman–Crippen MR) is 500 cm³/mol. The number of hydrogen-bond acceptors (Lipinski definition) is 28. The van der Waals surface area contributed by atoms with E-state index < -0.39 is 17.5 Å². The van der Waals surface area contributed by atoms with E-state index in [0.29, 0.717) is 114 Å². The molecule has 12 rings (SSSR count). The van der Waals surface area contributed by atoms with Crippen LogP contribution >= 0.6 is 44.3 Å². The lowest BCUT2D eigenvalue weighted by Gasteiger charge is -2.22. The van der Waals surface area contributed by atoms with Crippen LogP contribution in [0.5, 0.6) is 28.7 Å². The van der Waals surface area contributed by atoms with Crippen LogP contribution in [0.1, 0.15) is 110 Å². The number of carboxylic acids is 1. The molecule has 7 heterocycles. The number of nitrogens with two attached hydrogens (primary N) is 2. The molecule has 3 aliphatic rings. The fourth-order valence-corrected chi connectivity index (χ4v) is 13.1. The van der Waals surface area contributed by atoms with Gasteiger partial charge in [-0.3, -0.25) is 48.4 Å². The summed E-state index contributed by atoms with van der Waals surface area (Å²) < 4.78 is 47.1. The van der Waals surface area contributed by atoms with Gasteiger partial charge in [0.1, 0.15) is 57.6 Å². The van der Waals surface area contributed by atoms with Crippen LogP contribution in [-0.4, -0.2) is 192 Å². The zero-order chi connectivity index (χ0) is 91.5. The molecule has 0 aliphatic carbocycles. The van der Waals surface area contributed by atoms with Crippen LogP contribution in [0.15, 0.2) is 191 Å². The first-order valence-corrected chi connectivity index (χ1v) is 41.7. The Morgan fingerprint density at radius 2 is 0.852 bits per heavy atom. The van der Waals surface area contributed by atoms with Crippen LogP contribution in [0.3, 0.4) is 0 Å². The zero-order valence-corrected chi connectivity index (χ0v) is 77.0. The molecule has 32 nitrogen and oxygen atoms in total.